The summed E-state index contributed by atoms with van der Waals surface area (Å²) in [4.78, 5) is 25.7. The van der Waals surface area contributed by atoms with E-state index >= 15 is 0 Å². The predicted octanol–water partition coefficient (Wildman–Crippen LogP) is 1.08. The fraction of sp³-hybridized carbons (Fsp3) is 0.385. The van der Waals surface area contributed by atoms with Gasteiger partial charge in [-0.1, -0.05) is 12.1 Å². The van der Waals surface area contributed by atoms with Gasteiger partial charge >= 0.3 is 6.03 Å². The number of rotatable bonds is 2. The van der Waals surface area contributed by atoms with E-state index in [2.05, 4.69) is 33.2 Å². The van der Waals surface area contributed by atoms with E-state index in [-0.39, 0.29) is 11.9 Å². The van der Waals surface area contributed by atoms with Crippen LogP contribution < -0.4 is 10.6 Å². The molecule has 19 heavy (non-hydrogen) atoms. The number of nitrogens with one attached hydrogen (secondary N) is 2. The minimum absolute atomic E-state index is 0.110. The third-order valence-electron chi connectivity index (χ3n) is 3.66. The van der Waals surface area contributed by atoms with Gasteiger partial charge in [0.05, 0.1) is 6.54 Å². The monoisotopic (exact) mass is 371 g/mol. The number of hydrogen-bond acceptors (Lipinski definition) is 3. The maximum Gasteiger partial charge on any atom is 0.325 e. The lowest BCUT2D eigenvalue weighted by Crippen LogP contribution is -2.48. The summed E-state index contributed by atoms with van der Waals surface area (Å²) in [6, 6.07) is 7.55. The summed E-state index contributed by atoms with van der Waals surface area (Å²) in [5, 5.41) is 5.97. The average molecular weight is 371 g/mol. The van der Waals surface area contributed by atoms with Crippen molar-refractivity contribution in [2.75, 3.05) is 13.1 Å². The Morgan fingerprint density at radius 3 is 2.63 bits per heavy atom. The second kappa shape index (κ2) is 4.75. The minimum Gasteiger partial charge on any atom is -0.322 e. The van der Waals surface area contributed by atoms with E-state index in [0.29, 0.717) is 19.5 Å². The summed E-state index contributed by atoms with van der Waals surface area (Å²) < 4.78 is 1.13. The Kier molecular flexibility index (Phi) is 3.22. The molecule has 3 amide bonds. The van der Waals surface area contributed by atoms with Crippen molar-refractivity contribution in [3.8, 4) is 0 Å². The van der Waals surface area contributed by atoms with Crippen LogP contribution in [-0.4, -0.2) is 35.5 Å². The van der Waals surface area contributed by atoms with Gasteiger partial charge in [0.15, 0.2) is 0 Å². The largest absolute Gasteiger partial charge is 0.325 e. The fourth-order valence-electron chi connectivity index (χ4n) is 2.57. The van der Waals surface area contributed by atoms with Gasteiger partial charge in [0, 0.05) is 10.1 Å². The molecule has 2 saturated heterocycles. The van der Waals surface area contributed by atoms with Crippen LogP contribution in [0.25, 0.3) is 0 Å². The average Bonchev–Trinajstić information content (AvgIpc) is 2.94. The van der Waals surface area contributed by atoms with Crippen LogP contribution in [0.3, 0.4) is 0 Å². The smallest absolute Gasteiger partial charge is 0.322 e. The van der Waals surface area contributed by atoms with Crippen LogP contribution in [0.1, 0.15) is 12.0 Å². The van der Waals surface area contributed by atoms with Crippen LogP contribution in [0.15, 0.2) is 24.3 Å². The van der Waals surface area contributed by atoms with E-state index in [1.165, 1.54) is 4.90 Å². The SMILES string of the molecule is O=C1NC2(CCNC2)C(=O)N1Cc1ccc(I)cc1. The first-order chi connectivity index (χ1) is 9.11. The van der Waals surface area contributed by atoms with Gasteiger partial charge < -0.3 is 10.6 Å². The first kappa shape index (κ1) is 12.9. The summed E-state index contributed by atoms with van der Waals surface area (Å²) in [7, 11) is 0. The van der Waals surface area contributed by atoms with E-state index in [1.807, 2.05) is 24.3 Å². The van der Waals surface area contributed by atoms with Crippen molar-refractivity contribution in [2.24, 2.45) is 0 Å². The molecule has 0 aromatic heterocycles. The summed E-state index contributed by atoms with van der Waals surface area (Å²) in [6.45, 7) is 1.63. The maximum atomic E-state index is 12.4. The molecule has 1 spiro atoms. The highest BCUT2D eigenvalue weighted by Crippen LogP contribution is 2.25. The zero-order valence-electron chi connectivity index (χ0n) is 10.3. The van der Waals surface area contributed by atoms with Gasteiger partial charge in [0.1, 0.15) is 5.54 Å². The molecule has 1 atom stereocenters. The van der Waals surface area contributed by atoms with Crippen molar-refractivity contribution in [3.05, 3.63) is 33.4 Å². The zero-order chi connectivity index (χ0) is 13.5. The molecule has 5 nitrogen and oxygen atoms in total. The summed E-state index contributed by atoms with van der Waals surface area (Å²) in [6.07, 6.45) is 0.667. The first-order valence-corrected chi connectivity index (χ1v) is 7.28. The molecule has 0 bridgehead atoms. The Bertz CT molecular complexity index is 523. The normalized spacial score (nSPS) is 26.3. The second-order valence-corrected chi connectivity index (χ2v) is 6.20. The number of hydrogen-bond donors (Lipinski definition) is 2. The second-order valence-electron chi connectivity index (χ2n) is 4.96. The van der Waals surface area contributed by atoms with Crippen molar-refractivity contribution in [1.82, 2.24) is 15.5 Å². The lowest BCUT2D eigenvalue weighted by Gasteiger charge is -2.19. The Morgan fingerprint density at radius 1 is 1.26 bits per heavy atom. The molecule has 2 heterocycles. The Labute approximate surface area is 124 Å². The third kappa shape index (κ3) is 2.23. The van der Waals surface area contributed by atoms with E-state index in [9.17, 15) is 9.59 Å². The van der Waals surface area contributed by atoms with Crippen LogP contribution in [0.4, 0.5) is 4.79 Å². The zero-order valence-corrected chi connectivity index (χ0v) is 12.4. The van der Waals surface area contributed by atoms with Crippen molar-refractivity contribution in [1.29, 1.82) is 0 Å². The van der Waals surface area contributed by atoms with Crippen LogP contribution >= 0.6 is 22.6 Å². The number of urea groups is 1. The number of carbonyl (C=O) groups is 2. The predicted molar refractivity (Wildman–Crippen MR) is 78.5 cm³/mol. The number of amides is 3. The van der Waals surface area contributed by atoms with E-state index in [1.54, 1.807) is 0 Å². The van der Waals surface area contributed by atoms with E-state index in [4.69, 9.17) is 0 Å². The van der Waals surface area contributed by atoms with Crippen molar-refractivity contribution in [2.45, 2.75) is 18.5 Å². The Hall–Kier alpha value is -1.15. The van der Waals surface area contributed by atoms with Gasteiger partial charge in [-0.05, 0) is 53.3 Å². The van der Waals surface area contributed by atoms with Crippen LogP contribution in [-0.2, 0) is 11.3 Å². The maximum absolute atomic E-state index is 12.4. The summed E-state index contributed by atoms with van der Waals surface area (Å²) in [5.41, 5.74) is 0.257. The number of nitrogens with zero attached hydrogens (tertiary/aromatic N) is 1. The summed E-state index contributed by atoms with van der Waals surface area (Å²) in [5.74, 6) is -0.110. The molecule has 2 N–H and O–H groups in total. The molecule has 0 saturated carbocycles. The van der Waals surface area contributed by atoms with Crippen LogP contribution in [0.2, 0.25) is 0 Å². The molecular formula is C13H14IN3O2. The number of imide groups is 1. The van der Waals surface area contributed by atoms with Crippen LogP contribution in [0, 0.1) is 3.57 Å². The standard InChI is InChI=1S/C13H14IN3O2/c14-10-3-1-9(2-4-10)7-17-11(18)13(16-12(17)19)5-6-15-8-13/h1-4,15H,5-8H2,(H,16,19). The van der Waals surface area contributed by atoms with Gasteiger partial charge in [-0.3, -0.25) is 9.69 Å². The highest BCUT2D eigenvalue weighted by molar-refractivity contribution is 14.1. The van der Waals surface area contributed by atoms with E-state index < -0.39 is 5.54 Å². The number of halogens is 1. The molecule has 6 heteroatoms. The first-order valence-electron chi connectivity index (χ1n) is 6.20. The highest BCUT2D eigenvalue weighted by Gasteiger charge is 2.52. The molecule has 1 unspecified atom stereocenters. The minimum atomic E-state index is -0.708. The Morgan fingerprint density at radius 2 is 2.00 bits per heavy atom. The number of carbonyl (C=O) groups excluding carboxylic acids is 2. The van der Waals surface area contributed by atoms with Crippen molar-refractivity contribution in [3.63, 3.8) is 0 Å². The molecule has 2 aliphatic rings. The highest BCUT2D eigenvalue weighted by atomic mass is 127. The lowest BCUT2D eigenvalue weighted by molar-refractivity contribution is -0.131. The number of benzene rings is 1. The third-order valence-corrected chi connectivity index (χ3v) is 4.37. The molecule has 1 aromatic rings. The van der Waals surface area contributed by atoms with Gasteiger partial charge in [-0.15, -0.1) is 0 Å². The molecule has 3 rings (SSSR count). The molecular weight excluding hydrogens is 357 g/mol. The van der Waals surface area contributed by atoms with Crippen molar-refractivity contribution >= 4 is 34.5 Å². The molecule has 2 aliphatic heterocycles. The molecule has 100 valence electrons. The quantitative estimate of drug-likeness (QED) is 0.604. The van der Waals surface area contributed by atoms with E-state index in [0.717, 1.165) is 15.7 Å². The van der Waals surface area contributed by atoms with Crippen LogP contribution in [0.5, 0.6) is 0 Å². The molecule has 2 fully saturated rings. The van der Waals surface area contributed by atoms with Gasteiger partial charge in [0.2, 0.25) is 0 Å². The van der Waals surface area contributed by atoms with Gasteiger partial charge in [-0.25, -0.2) is 4.79 Å². The lowest BCUT2D eigenvalue weighted by atomic mass is 9.99. The Balaban J connectivity index is 1.79. The topological polar surface area (TPSA) is 61.4 Å². The molecule has 0 aliphatic carbocycles. The van der Waals surface area contributed by atoms with Crippen molar-refractivity contribution < 1.29 is 9.59 Å². The van der Waals surface area contributed by atoms with Gasteiger partial charge in [0.25, 0.3) is 5.91 Å². The molecule has 0 radical (unpaired) electrons. The summed E-state index contributed by atoms with van der Waals surface area (Å²) >= 11 is 2.23. The molecule has 1 aromatic carbocycles. The fourth-order valence-corrected chi connectivity index (χ4v) is 2.93. The van der Waals surface area contributed by atoms with Gasteiger partial charge in [-0.2, -0.15) is 0 Å².